The summed E-state index contributed by atoms with van der Waals surface area (Å²) in [5.74, 6) is 0. The number of thiophene rings is 1. The molecule has 82 valence electrons. The van der Waals surface area contributed by atoms with Crippen molar-refractivity contribution in [2.24, 2.45) is 0 Å². The third kappa shape index (κ3) is 1.69. The molecule has 1 saturated heterocycles. The summed E-state index contributed by atoms with van der Waals surface area (Å²) in [4.78, 5) is 0. The summed E-state index contributed by atoms with van der Waals surface area (Å²) in [6.07, 6.45) is 0. The molecule has 1 aliphatic heterocycles. The molecule has 0 aromatic carbocycles. The molecule has 0 aliphatic carbocycles. The first-order chi connectivity index (χ1) is 6.83. The van der Waals surface area contributed by atoms with Crippen LogP contribution in [0.15, 0.2) is 10.8 Å². The van der Waals surface area contributed by atoms with Crippen LogP contribution >= 0.6 is 11.3 Å². The van der Waals surface area contributed by atoms with E-state index in [9.17, 15) is 0 Å². The average molecular weight is 225 g/mol. The molecular formula is C10H16BNO2S. The third-order valence-corrected chi connectivity index (χ3v) is 4.01. The highest BCUT2D eigenvalue weighted by Crippen LogP contribution is 2.37. The monoisotopic (exact) mass is 225 g/mol. The normalized spacial score (nSPS) is 23.3. The molecule has 2 rings (SSSR count). The first kappa shape index (κ1) is 11.0. The van der Waals surface area contributed by atoms with Crippen molar-refractivity contribution in [3.63, 3.8) is 0 Å². The summed E-state index contributed by atoms with van der Waals surface area (Å²) in [5, 5.41) is 3.89. The Morgan fingerprint density at radius 2 is 1.67 bits per heavy atom. The summed E-state index contributed by atoms with van der Waals surface area (Å²) >= 11 is 1.57. The third-order valence-electron chi connectivity index (χ3n) is 3.23. The minimum Gasteiger partial charge on any atom is -0.399 e. The van der Waals surface area contributed by atoms with Gasteiger partial charge in [0.05, 0.1) is 11.2 Å². The van der Waals surface area contributed by atoms with Gasteiger partial charge in [0, 0.05) is 16.5 Å². The topological polar surface area (TPSA) is 44.5 Å². The van der Waals surface area contributed by atoms with Gasteiger partial charge in [0.15, 0.2) is 0 Å². The maximum atomic E-state index is 5.89. The van der Waals surface area contributed by atoms with Crippen molar-refractivity contribution >= 4 is 29.6 Å². The zero-order chi connectivity index (χ0) is 11.3. The van der Waals surface area contributed by atoms with Crippen molar-refractivity contribution in [3.8, 4) is 0 Å². The Morgan fingerprint density at radius 3 is 2.07 bits per heavy atom. The maximum Gasteiger partial charge on any atom is 0.497 e. The molecule has 1 aliphatic rings. The van der Waals surface area contributed by atoms with E-state index < -0.39 is 0 Å². The molecule has 0 atom stereocenters. The Kier molecular flexibility index (Phi) is 2.37. The standard InChI is InChI=1S/C10H16BNO2S/c1-9(2)10(3,4)14-11(13-9)7-5-15-6-8(7)12/h5-6H,12H2,1-4H3. The van der Waals surface area contributed by atoms with Crippen LogP contribution in [-0.4, -0.2) is 18.3 Å². The van der Waals surface area contributed by atoms with Gasteiger partial charge in [-0.15, -0.1) is 0 Å². The minimum atomic E-state index is -0.332. The number of hydrogen-bond donors (Lipinski definition) is 1. The number of nitrogens with two attached hydrogens (primary N) is 1. The van der Waals surface area contributed by atoms with Crippen LogP contribution in [0.3, 0.4) is 0 Å². The Hall–Kier alpha value is -0.515. The first-order valence-electron chi connectivity index (χ1n) is 5.01. The molecule has 0 radical (unpaired) electrons. The molecule has 0 unspecified atom stereocenters. The second-order valence-electron chi connectivity index (χ2n) is 4.87. The first-order valence-corrected chi connectivity index (χ1v) is 5.95. The summed E-state index contributed by atoms with van der Waals surface area (Å²) in [5.41, 5.74) is 6.94. The van der Waals surface area contributed by atoms with Gasteiger partial charge in [-0.3, -0.25) is 0 Å². The van der Waals surface area contributed by atoms with Crippen LogP contribution in [0, 0.1) is 0 Å². The number of rotatable bonds is 1. The van der Waals surface area contributed by atoms with Crippen LogP contribution in [0.25, 0.3) is 0 Å². The van der Waals surface area contributed by atoms with Gasteiger partial charge in [0.2, 0.25) is 0 Å². The van der Waals surface area contributed by atoms with Gasteiger partial charge in [-0.1, -0.05) is 0 Å². The van der Waals surface area contributed by atoms with E-state index in [1.54, 1.807) is 11.3 Å². The Morgan fingerprint density at radius 1 is 1.13 bits per heavy atom. The van der Waals surface area contributed by atoms with Crippen LogP contribution in [0.5, 0.6) is 0 Å². The fourth-order valence-corrected chi connectivity index (χ4v) is 2.22. The summed E-state index contributed by atoms with van der Waals surface area (Å²) in [6.45, 7) is 8.15. The largest absolute Gasteiger partial charge is 0.497 e. The van der Waals surface area contributed by atoms with E-state index in [4.69, 9.17) is 15.0 Å². The van der Waals surface area contributed by atoms with Gasteiger partial charge in [0.1, 0.15) is 0 Å². The van der Waals surface area contributed by atoms with Crippen molar-refractivity contribution in [1.29, 1.82) is 0 Å². The van der Waals surface area contributed by atoms with Gasteiger partial charge in [-0.25, -0.2) is 0 Å². The molecule has 1 aromatic heterocycles. The van der Waals surface area contributed by atoms with Gasteiger partial charge in [-0.05, 0) is 33.1 Å². The number of anilines is 1. The van der Waals surface area contributed by atoms with Crippen molar-refractivity contribution in [1.82, 2.24) is 0 Å². The average Bonchev–Trinajstić information content (AvgIpc) is 2.55. The molecule has 2 N–H and O–H groups in total. The smallest absolute Gasteiger partial charge is 0.399 e. The van der Waals surface area contributed by atoms with Gasteiger partial charge in [-0.2, -0.15) is 11.3 Å². The van der Waals surface area contributed by atoms with E-state index in [1.165, 1.54) is 0 Å². The van der Waals surface area contributed by atoms with Crippen LogP contribution in [0.1, 0.15) is 27.7 Å². The van der Waals surface area contributed by atoms with Crippen LogP contribution in [-0.2, 0) is 9.31 Å². The molecule has 1 aromatic rings. The van der Waals surface area contributed by atoms with Crippen LogP contribution in [0.4, 0.5) is 5.69 Å². The van der Waals surface area contributed by atoms with E-state index in [1.807, 2.05) is 38.5 Å². The van der Waals surface area contributed by atoms with Gasteiger partial charge in [0.25, 0.3) is 0 Å². The van der Waals surface area contributed by atoms with E-state index >= 15 is 0 Å². The van der Waals surface area contributed by atoms with E-state index in [-0.39, 0.29) is 18.3 Å². The lowest BCUT2D eigenvalue weighted by Crippen LogP contribution is -2.41. The number of hydrogen-bond acceptors (Lipinski definition) is 4. The van der Waals surface area contributed by atoms with Crippen LogP contribution in [0.2, 0.25) is 0 Å². The summed E-state index contributed by atoms with van der Waals surface area (Å²) in [7, 11) is -0.332. The lowest BCUT2D eigenvalue weighted by Gasteiger charge is -2.32. The highest BCUT2D eigenvalue weighted by Gasteiger charge is 2.52. The molecule has 2 heterocycles. The lowest BCUT2D eigenvalue weighted by molar-refractivity contribution is 0.00578. The SMILES string of the molecule is CC1(C)OB(c2cscc2N)OC1(C)C. The molecule has 0 saturated carbocycles. The van der Waals surface area contributed by atoms with E-state index in [0.717, 1.165) is 11.2 Å². The molecule has 3 nitrogen and oxygen atoms in total. The Labute approximate surface area is 94.7 Å². The lowest BCUT2D eigenvalue weighted by atomic mass is 9.80. The predicted octanol–water partition coefficient (Wildman–Crippen LogP) is 1.63. The Balaban J connectivity index is 2.27. The Bertz CT molecular complexity index is 359. The second kappa shape index (κ2) is 3.24. The van der Waals surface area contributed by atoms with Crippen molar-refractivity contribution in [2.75, 3.05) is 5.73 Å². The molecule has 15 heavy (non-hydrogen) atoms. The van der Waals surface area contributed by atoms with Gasteiger partial charge < -0.3 is 15.0 Å². The quantitative estimate of drug-likeness (QED) is 0.739. The predicted molar refractivity (Wildman–Crippen MR) is 64.4 cm³/mol. The van der Waals surface area contributed by atoms with E-state index in [2.05, 4.69) is 0 Å². The maximum absolute atomic E-state index is 5.89. The van der Waals surface area contributed by atoms with E-state index in [0.29, 0.717) is 0 Å². The van der Waals surface area contributed by atoms with Crippen LogP contribution < -0.4 is 11.2 Å². The van der Waals surface area contributed by atoms with Crippen molar-refractivity contribution < 1.29 is 9.31 Å². The molecule has 0 bridgehead atoms. The zero-order valence-electron chi connectivity index (χ0n) is 9.53. The summed E-state index contributed by atoms with van der Waals surface area (Å²) < 4.78 is 11.8. The molecule has 0 spiro atoms. The fourth-order valence-electron chi connectivity index (χ4n) is 1.48. The van der Waals surface area contributed by atoms with Gasteiger partial charge >= 0.3 is 7.12 Å². The molecule has 1 fully saturated rings. The highest BCUT2D eigenvalue weighted by atomic mass is 32.1. The molecule has 0 amide bonds. The fraction of sp³-hybridized carbons (Fsp3) is 0.600. The summed E-state index contributed by atoms with van der Waals surface area (Å²) in [6, 6.07) is 0. The second-order valence-corrected chi connectivity index (χ2v) is 5.61. The minimum absolute atomic E-state index is 0.300. The van der Waals surface area contributed by atoms with Crippen molar-refractivity contribution in [2.45, 2.75) is 38.9 Å². The van der Waals surface area contributed by atoms with Crippen molar-refractivity contribution in [3.05, 3.63) is 10.8 Å². The highest BCUT2D eigenvalue weighted by molar-refractivity contribution is 7.09. The molecular weight excluding hydrogens is 209 g/mol. The zero-order valence-corrected chi connectivity index (χ0v) is 10.4. The number of nitrogen functional groups attached to an aromatic ring is 1. The molecule has 5 heteroatoms.